The molecule has 0 aliphatic carbocycles. The molecule has 0 saturated carbocycles. The number of ether oxygens (including phenoxy) is 2. The molecule has 1 fully saturated rings. The average molecular weight is 465 g/mol. The molecule has 8 heteroatoms. The zero-order chi connectivity index (χ0) is 22.8. The van der Waals surface area contributed by atoms with Gasteiger partial charge in [-0.05, 0) is 26.1 Å². The Kier molecular flexibility index (Phi) is 6.12. The number of piperidine rings is 1. The van der Waals surface area contributed by atoms with Crippen LogP contribution in [0.1, 0.15) is 24.0 Å². The second-order valence-corrected chi connectivity index (χ2v) is 9.69. The first-order chi connectivity index (χ1) is 16.0. The lowest BCUT2D eigenvalue weighted by Crippen LogP contribution is -2.39. The Morgan fingerprint density at radius 3 is 2.55 bits per heavy atom. The molecule has 1 saturated heterocycles. The predicted molar refractivity (Wildman–Crippen MR) is 133 cm³/mol. The summed E-state index contributed by atoms with van der Waals surface area (Å²) in [5, 5.41) is 3.81. The molecular weight excluding hydrogens is 436 g/mol. The van der Waals surface area contributed by atoms with Crippen molar-refractivity contribution in [3.8, 4) is 11.5 Å². The second kappa shape index (κ2) is 9.19. The normalized spacial score (nSPS) is 19.2. The predicted octanol–water partition coefficient (Wildman–Crippen LogP) is 3.76. The molecule has 172 valence electrons. The Hall–Kier alpha value is -2.84. The molecule has 33 heavy (non-hydrogen) atoms. The van der Waals surface area contributed by atoms with Crippen LogP contribution in [0, 0.1) is 6.92 Å². The summed E-state index contributed by atoms with van der Waals surface area (Å²) < 4.78 is 11.2. The van der Waals surface area contributed by atoms with Crippen LogP contribution >= 0.6 is 11.8 Å². The van der Waals surface area contributed by atoms with E-state index in [2.05, 4.69) is 48.5 Å². The summed E-state index contributed by atoms with van der Waals surface area (Å²) in [6.45, 7) is 5.07. The van der Waals surface area contributed by atoms with Gasteiger partial charge in [-0.2, -0.15) is 0 Å². The van der Waals surface area contributed by atoms with Crippen molar-refractivity contribution in [1.29, 1.82) is 0 Å². The average Bonchev–Trinajstić information content (AvgIpc) is 3.18. The van der Waals surface area contributed by atoms with Crippen LogP contribution in [0.5, 0.6) is 11.5 Å². The van der Waals surface area contributed by atoms with E-state index in [0.717, 1.165) is 42.3 Å². The number of nitrogens with zero attached hydrogens (tertiary/aromatic N) is 3. The van der Waals surface area contributed by atoms with Crippen molar-refractivity contribution in [3.05, 3.63) is 53.6 Å². The molecule has 3 heterocycles. The molecule has 1 N–H and O–H groups in total. The molecule has 7 nitrogen and oxygen atoms in total. The van der Waals surface area contributed by atoms with E-state index in [1.165, 1.54) is 17.3 Å². The third-order valence-electron chi connectivity index (χ3n) is 6.11. The number of aryl methyl sites for hydroxylation is 1. The van der Waals surface area contributed by atoms with Crippen molar-refractivity contribution >= 4 is 34.1 Å². The summed E-state index contributed by atoms with van der Waals surface area (Å²) in [5.41, 5.74) is 3.45. The molecule has 0 atom stereocenters. The Morgan fingerprint density at radius 1 is 1.06 bits per heavy atom. The largest absolute Gasteiger partial charge is 0.486 e. The number of carbonyl (C=O) groups is 1. The number of hydrogen-bond donors (Lipinski definition) is 1. The van der Waals surface area contributed by atoms with Gasteiger partial charge in [0.25, 0.3) is 0 Å². The van der Waals surface area contributed by atoms with Crippen molar-refractivity contribution in [2.75, 3.05) is 44.4 Å². The Labute approximate surface area is 198 Å². The van der Waals surface area contributed by atoms with Crippen LogP contribution in [0.2, 0.25) is 0 Å². The molecule has 3 aliphatic rings. The molecule has 0 unspecified atom stereocenters. The Bertz CT molecular complexity index is 1110. The number of hydrogen-bond acceptors (Lipinski definition) is 7. The molecular formula is C25H28N4O3S. The van der Waals surface area contributed by atoms with Crippen LogP contribution in [0.25, 0.3) is 0 Å². The van der Waals surface area contributed by atoms with Gasteiger partial charge >= 0.3 is 0 Å². The maximum Gasteiger partial charge on any atom is 0.234 e. The second-order valence-electron chi connectivity index (χ2n) is 8.72. The molecule has 2 aromatic rings. The Balaban J connectivity index is 1.29. The lowest BCUT2D eigenvalue weighted by molar-refractivity contribution is -0.113. The van der Waals surface area contributed by atoms with Crippen LogP contribution in [0.15, 0.2) is 52.4 Å². The number of likely N-dealkylation sites (tertiary alicyclic amines) is 1. The summed E-state index contributed by atoms with van der Waals surface area (Å²) in [4.78, 5) is 25.2. The van der Waals surface area contributed by atoms with Gasteiger partial charge in [-0.1, -0.05) is 41.6 Å². The summed E-state index contributed by atoms with van der Waals surface area (Å²) in [7, 11) is 2.13. The van der Waals surface area contributed by atoms with Crippen LogP contribution in [-0.2, 0) is 4.79 Å². The highest BCUT2D eigenvalue weighted by atomic mass is 32.2. The monoisotopic (exact) mass is 464 g/mol. The van der Waals surface area contributed by atoms with E-state index < -0.39 is 5.66 Å². The van der Waals surface area contributed by atoms with Crippen LogP contribution < -0.4 is 14.8 Å². The van der Waals surface area contributed by atoms with E-state index in [-0.39, 0.29) is 11.7 Å². The van der Waals surface area contributed by atoms with Crippen molar-refractivity contribution in [2.45, 2.75) is 25.4 Å². The van der Waals surface area contributed by atoms with E-state index in [1.807, 2.05) is 12.1 Å². The van der Waals surface area contributed by atoms with Gasteiger partial charge < -0.3 is 19.7 Å². The summed E-state index contributed by atoms with van der Waals surface area (Å²) in [6.07, 6.45) is 1.79. The first-order valence-electron chi connectivity index (χ1n) is 11.3. The lowest BCUT2D eigenvalue weighted by Gasteiger charge is -2.33. The number of thioether (sulfide) groups is 1. The van der Waals surface area contributed by atoms with E-state index in [4.69, 9.17) is 19.5 Å². The van der Waals surface area contributed by atoms with Crippen molar-refractivity contribution in [3.63, 3.8) is 0 Å². The van der Waals surface area contributed by atoms with Gasteiger partial charge in [0, 0.05) is 43.2 Å². The minimum absolute atomic E-state index is 0.0908. The minimum Gasteiger partial charge on any atom is -0.486 e. The fourth-order valence-corrected chi connectivity index (χ4v) is 5.05. The number of benzene rings is 2. The van der Waals surface area contributed by atoms with Gasteiger partial charge in [0.15, 0.2) is 17.2 Å². The maximum absolute atomic E-state index is 12.7. The van der Waals surface area contributed by atoms with Crippen LogP contribution in [0.4, 0.5) is 5.69 Å². The zero-order valence-electron chi connectivity index (χ0n) is 19.0. The highest BCUT2D eigenvalue weighted by Gasteiger charge is 2.39. The van der Waals surface area contributed by atoms with Crippen molar-refractivity contribution < 1.29 is 14.3 Å². The number of amides is 1. The topological polar surface area (TPSA) is 75.5 Å². The van der Waals surface area contributed by atoms with Gasteiger partial charge in [0.05, 0.1) is 11.5 Å². The number of carbonyl (C=O) groups excluding carboxylic acids is 1. The fraction of sp³-hybridized carbons (Fsp3) is 0.400. The summed E-state index contributed by atoms with van der Waals surface area (Å²) in [5.74, 6) is 1.53. The van der Waals surface area contributed by atoms with Crippen LogP contribution in [0.3, 0.4) is 0 Å². The smallest absolute Gasteiger partial charge is 0.234 e. The fourth-order valence-electron chi connectivity index (χ4n) is 4.18. The molecule has 1 amide bonds. The first kappa shape index (κ1) is 22.0. The van der Waals surface area contributed by atoms with Gasteiger partial charge in [0.1, 0.15) is 18.3 Å². The van der Waals surface area contributed by atoms with Gasteiger partial charge in [-0.25, -0.2) is 4.99 Å². The van der Waals surface area contributed by atoms with Gasteiger partial charge in [-0.15, -0.1) is 0 Å². The van der Waals surface area contributed by atoms with E-state index in [9.17, 15) is 4.79 Å². The molecule has 0 radical (unpaired) electrons. The maximum atomic E-state index is 12.7. The Morgan fingerprint density at radius 2 is 1.79 bits per heavy atom. The quantitative estimate of drug-likeness (QED) is 0.746. The zero-order valence-corrected chi connectivity index (χ0v) is 19.8. The van der Waals surface area contributed by atoms with Crippen LogP contribution in [-0.4, -0.2) is 66.3 Å². The summed E-state index contributed by atoms with van der Waals surface area (Å²) >= 11 is 1.45. The highest BCUT2D eigenvalue weighted by molar-refractivity contribution is 8.16. The summed E-state index contributed by atoms with van der Waals surface area (Å²) in [6, 6.07) is 13.8. The van der Waals surface area contributed by atoms with E-state index >= 15 is 0 Å². The number of anilines is 1. The first-order valence-corrected chi connectivity index (χ1v) is 12.3. The SMILES string of the molecule is Cc1ccc(C2=NC3(CCN(C)CC3)N=C2SCC(=O)Nc2ccc3c(c2)OCCO3)cc1. The van der Waals surface area contributed by atoms with Crippen molar-refractivity contribution in [1.82, 2.24) is 4.90 Å². The molecule has 1 spiro atoms. The lowest BCUT2D eigenvalue weighted by atomic mass is 9.99. The number of rotatable bonds is 4. The molecule has 0 bridgehead atoms. The number of fused-ring (bicyclic) bond motifs is 1. The van der Waals surface area contributed by atoms with Gasteiger partial charge in [0.2, 0.25) is 5.91 Å². The number of aliphatic imine (C=N–C) groups is 2. The molecule has 5 rings (SSSR count). The standard InChI is InChI=1S/C25H28N4O3S/c1-17-3-5-18(6-4-17)23-24(28-25(27-23)9-11-29(2)12-10-25)33-16-22(30)26-19-7-8-20-21(15-19)32-14-13-31-20/h3-8,15H,9-14,16H2,1-2H3,(H,26,30). The third kappa shape index (κ3) is 4.91. The van der Waals surface area contributed by atoms with Gasteiger partial charge in [-0.3, -0.25) is 9.79 Å². The molecule has 3 aliphatic heterocycles. The van der Waals surface area contributed by atoms with Crippen molar-refractivity contribution in [2.24, 2.45) is 9.98 Å². The van der Waals surface area contributed by atoms with E-state index in [0.29, 0.717) is 30.4 Å². The molecule has 2 aromatic carbocycles. The number of nitrogens with one attached hydrogen (secondary N) is 1. The molecule has 0 aromatic heterocycles. The highest BCUT2D eigenvalue weighted by Crippen LogP contribution is 2.36. The minimum atomic E-state index is -0.401. The third-order valence-corrected chi connectivity index (χ3v) is 7.08. The van der Waals surface area contributed by atoms with E-state index in [1.54, 1.807) is 6.07 Å².